The first kappa shape index (κ1) is 13.5. The largest absolute Gasteiger partial charge is 0.382 e. The van der Waals surface area contributed by atoms with Gasteiger partial charge in [0.2, 0.25) is 0 Å². The maximum absolute atomic E-state index is 3.72. The first-order valence-electron chi connectivity index (χ1n) is 7.34. The molecular formula is C17H27N. The van der Waals surface area contributed by atoms with Gasteiger partial charge in [-0.25, -0.2) is 0 Å². The van der Waals surface area contributed by atoms with Crippen LogP contribution in [0.2, 0.25) is 0 Å². The second kappa shape index (κ2) is 5.34. The number of nitrogens with one attached hydrogen (secondary N) is 1. The van der Waals surface area contributed by atoms with Gasteiger partial charge < -0.3 is 5.32 Å². The SMILES string of the molecule is CCc1ccc(NC2CC(C)CC(C)(C)C2)cc1. The summed E-state index contributed by atoms with van der Waals surface area (Å²) in [4.78, 5) is 0. The molecule has 1 fully saturated rings. The van der Waals surface area contributed by atoms with Crippen LogP contribution in [0.4, 0.5) is 5.69 Å². The van der Waals surface area contributed by atoms with E-state index >= 15 is 0 Å². The number of anilines is 1. The lowest BCUT2D eigenvalue weighted by Crippen LogP contribution is -2.35. The Bertz CT molecular complexity index is 377. The van der Waals surface area contributed by atoms with E-state index in [0.717, 1.165) is 12.3 Å². The van der Waals surface area contributed by atoms with Crippen LogP contribution in [0.1, 0.15) is 52.5 Å². The van der Waals surface area contributed by atoms with E-state index in [1.165, 1.54) is 30.5 Å². The topological polar surface area (TPSA) is 12.0 Å². The highest BCUT2D eigenvalue weighted by atomic mass is 14.9. The summed E-state index contributed by atoms with van der Waals surface area (Å²) in [5, 5.41) is 3.72. The van der Waals surface area contributed by atoms with Crippen LogP contribution in [0, 0.1) is 11.3 Å². The van der Waals surface area contributed by atoms with Crippen LogP contribution in [0.3, 0.4) is 0 Å². The number of rotatable bonds is 3. The van der Waals surface area contributed by atoms with E-state index in [2.05, 4.69) is 57.3 Å². The highest BCUT2D eigenvalue weighted by Gasteiger charge is 2.31. The van der Waals surface area contributed by atoms with Crippen molar-refractivity contribution >= 4 is 5.69 Å². The quantitative estimate of drug-likeness (QED) is 0.800. The van der Waals surface area contributed by atoms with Crippen molar-refractivity contribution in [2.24, 2.45) is 11.3 Å². The van der Waals surface area contributed by atoms with Crippen LogP contribution in [-0.4, -0.2) is 6.04 Å². The Labute approximate surface area is 112 Å². The molecule has 0 spiro atoms. The van der Waals surface area contributed by atoms with Crippen LogP contribution >= 0.6 is 0 Å². The molecule has 1 aromatic carbocycles. The fourth-order valence-corrected chi connectivity index (χ4v) is 3.53. The molecule has 0 aromatic heterocycles. The van der Waals surface area contributed by atoms with Crippen LogP contribution in [0.5, 0.6) is 0 Å². The summed E-state index contributed by atoms with van der Waals surface area (Å²) in [6.07, 6.45) is 5.07. The van der Waals surface area contributed by atoms with E-state index in [0.29, 0.717) is 11.5 Å². The van der Waals surface area contributed by atoms with Gasteiger partial charge in [-0.05, 0) is 54.7 Å². The number of hydrogen-bond acceptors (Lipinski definition) is 1. The molecule has 0 amide bonds. The fraction of sp³-hybridized carbons (Fsp3) is 0.647. The van der Waals surface area contributed by atoms with E-state index in [-0.39, 0.29) is 0 Å². The van der Waals surface area contributed by atoms with Crippen molar-refractivity contribution in [1.29, 1.82) is 0 Å². The molecule has 1 N–H and O–H groups in total. The van der Waals surface area contributed by atoms with E-state index < -0.39 is 0 Å². The lowest BCUT2D eigenvalue weighted by molar-refractivity contribution is 0.178. The first-order valence-corrected chi connectivity index (χ1v) is 7.34. The Morgan fingerprint density at radius 3 is 2.39 bits per heavy atom. The van der Waals surface area contributed by atoms with Crippen molar-refractivity contribution in [3.63, 3.8) is 0 Å². The standard InChI is InChI=1S/C17H27N/c1-5-14-6-8-15(9-7-14)18-16-10-13(2)11-17(3,4)12-16/h6-9,13,16,18H,5,10-12H2,1-4H3. The van der Waals surface area contributed by atoms with Gasteiger partial charge in [0.25, 0.3) is 0 Å². The van der Waals surface area contributed by atoms with Gasteiger partial charge in [-0.2, -0.15) is 0 Å². The van der Waals surface area contributed by atoms with E-state index in [4.69, 9.17) is 0 Å². The summed E-state index contributed by atoms with van der Waals surface area (Å²) >= 11 is 0. The molecule has 0 heterocycles. The Morgan fingerprint density at radius 1 is 1.17 bits per heavy atom. The summed E-state index contributed by atoms with van der Waals surface area (Å²) in [6, 6.07) is 9.56. The second-order valence-corrected chi connectivity index (χ2v) is 6.81. The van der Waals surface area contributed by atoms with Crippen molar-refractivity contribution in [2.45, 2.75) is 59.4 Å². The van der Waals surface area contributed by atoms with Gasteiger partial charge in [0.1, 0.15) is 0 Å². The highest BCUT2D eigenvalue weighted by molar-refractivity contribution is 5.45. The molecule has 1 aliphatic carbocycles. The molecule has 100 valence electrons. The molecule has 1 nitrogen and oxygen atoms in total. The zero-order valence-electron chi connectivity index (χ0n) is 12.3. The molecule has 2 rings (SSSR count). The van der Waals surface area contributed by atoms with Crippen molar-refractivity contribution in [3.05, 3.63) is 29.8 Å². The second-order valence-electron chi connectivity index (χ2n) is 6.81. The Morgan fingerprint density at radius 2 is 1.83 bits per heavy atom. The molecule has 2 atom stereocenters. The summed E-state index contributed by atoms with van der Waals surface area (Å²) in [6.45, 7) is 9.39. The van der Waals surface area contributed by atoms with E-state index in [9.17, 15) is 0 Å². The van der Waals surface area contributed by atoms with Crippen molar-refractivity contribution in [2.75, 3.05) is 5.32 Å². The number of aryl methyl sites for hydroxylation is 1. The van der Waals surface area contributed by atoms with Gasteiger partial charge in [0, 0.05) is 11.7 Å². The molecule has 1 heteroatoms. The molecule has 0 aliphatic heterocycles. The van der Waals surface area contributed by atoms with Gasteiger partial charge in [0.15, 0.2) is 0 Å². The maximum atomic E-state index is 3.72. The van der Waals surface area contributed by atoms with Gasteiger partial charge in [-0.15, -0.1) is 0 Å². The van der Waals surface area contributed by atoms with Crippen LogP contribution < -0.4 is 5.32 Å². The molecule has 18 heavy (non-hydrogen) atoms. The van der Waals surface area contributed by atoms with Gasteiger partial charge in [-0.3, -0.25) is 0 Å². The van der Waals surface area contributed by atoms with Crippen molar-refractivity contribution in [3.8, 4) is 0 Å². The Balaban J connectivity index is 1.99. The molecule has 0 bridgehead atoms. The number of hydrogen-bond donors (Lipinski definition) is 1. The number of benzene rings is 1. The monoisotopic (exact) mass is 245 g/mol. The lowest BCUT2D eigenvalue weighted by atomic mass is 9.70. The van der Waals surface area contributed by atoms with Crippen molar-refractivity contribution < 1.29 is 0 Å². The zero-order chi connectivity index (χ0) is 13.2. The third-order valence-corrected chi connectivity index (χ3v) is 4.12. The molecular weight excluding hydrogens is 218 g/mol. The Hall–Kier alpha value is -0.980. The summed E-state index contributed by atoms with van der Waals surface area (Å²) < 4.78 is 0. The van der Waals surface area contributed by atoms with E-state index in [1.54, 1.807) is 0 Å². The van der Waals surface area contributed by atoms with Gasteiger partial charge in [-0.1, -0.05) is 39.8 Å². The Kier molecular flexibility index (Phi) is 3.99. The predicted octanol–water partition coefficient (Wildman–Crippen LogP) is 4.88. The minimum atomic E-state index is 0.485. The molecule has 0 radical (unpaired) electrons. The average Bonchev–Trinajstić information content (AvgIpc) is 2.27. The summed E-state index contributed by atoms with van der Waals surface area (Å²) in [5.41, 5.74) is 3.18. The molecule has 2 unspecified atom stereocenters. The third-order valence-electron chi connectivity index (χ3n) is 4.12. The third kappa shape index (κ3) is 3.51. The normalized spacial score (nSPS) is 26.9. The molecule has 1 aliphatic rings. The summed E-state index contributed by atoms with van der Waals surface area (Å²) in [7, 11) is 0. The smallest absolute Gasteiger partial charge is 0.0342 e. The lowest BCUT2D eigenvalue weighted by Gasteiger charge is -2.39. The first-order chi connectivity index (χ1) is 8.48. The predicted molar refractivity (Wildman–Crippen MR) is 80.0 cm³/mol. The van der Waals surface area contributed by atoms with E-state index in [1.807, 2.05) is 0 Å². The van der Waals surface area contributed by atoms with Crippen LogP contribution in [-0.2, 0) is 6.42 Å². The minimum Gasteiger partial charge on any atom is -0.382 e. The molecule has 1 saturated carbocycles. The van der Waals surface area contributed by atoms with Crippen LogP contribution in [0.25, 0.3) is 0 Å². The van der Waals surface area contributed by atoms with Gasteiger partial charge in [0.05, 0.1) is 0 Å². The van der Waals surface area contributed by atoms with Crippen molar-refractivity contribution in [1.82, 2.24) is 0 Å². The average molecular weight is 245 g/mol. The van der Waals surface area contributed by atoms with Crippen LogP contribution in [0.15, 0.2) is 24.3 Å². The maximum Gasteiger partial charge on any atom is 0.0342 e. The summed E-state index contributed by atoms with van der Waals surface area (Å²) in [5.74, 6) is 0.834. The minimum absolute atomic E-state index is 0.485. The highest BCUT2D eigenvalue weighted by Crippen LogP contribution is 2.39. The molecule has 0 saturated heterocycles. The fourth-order valence-electron chi connectivity index (χ4n) is 3.53. The van der Waals surface area contributed by atoms with Gasteiger partial charge >= 0.3 is 0 Å². The zero-order valence-corrected chi connectivity index (χ0v) is 12.3. The molecule has 1 aromatic rings.